The van der Waals surface area contributed by atoms with E-state index in [1.54, 1.807) is 12.1 Å². The Hall–Kier alpha value is -2.42. The fraction of sp³-hybridized carbons (Fsp3) is 0. The van der Waals surface area contributed by atoms with Crippen LogP contribution in [-0.4, -0.2) is 36.2 Å². The lowest BCUT2D eigenvalue weighted by atomic mass is 10.3. The topological polar surface area (TPSA) is 210 Å². The highest BCUT2D eigenvalue weighted by Crippen LogP contribution is 2.26. The maximum atomic E-state index is 10.3. The van der Waals surface area contributed by atoms with Crippen molar-refractivity contribution in [2.24, 2.45) is 0 Å². The number of phenolic OH excluding ortho intramolecular Hbond substituents is 2. The van der Waals surface area contributed by atoms with E-state index in [1.165, 1.54) is 0 Å². The van der Waals surface area contributed by atoms with Crippen LogP contribution in [0.3, 0.4) is 0 Å². The van der Waals surface area contributed by atoms with Crippen LogP contribution in [0.5, 0.6) is 11.5 Å². The van der Waals surface area contributed by atoms with Crippen LogP contribution in [0.1, 0.15) is 0 Å². The van der Waals surface area contributed by atoms with Gasteiger partial charge in [-0.25, -0.2) is 16.8 Å². The van der Waals surface area contributed by atoms with Gasteiger partial charge < -0.3 is 30.8 Å². The predicted molar refractivity (Wildman–Crippen MR) is 114 cm³/mol. The smallest absolute Gasteiger partial charge is 0.148 e. The molecule has 3 aromatic carbocycles. The molecule has 0 aliphatic rings. The number of aromatic hydroxyl groups is 2. The number of hydrogen-bond acceptors (Lipinski definition) is 8. The van der Waals surface area contributed by atoms with Crippen LogP contribution in [0.4, 0.5) is 11.4 Å². The first kappa shape index (κ1) is 27.6. The number of quaternary nitrogens is 2. The monoisotopic (exact) mass is 524 g/mol. The van der Waals surface area contributed by atoms with Crippen LogP contribution in [0, 0.1) is 0 Å². The van der Waals surface area contributed by atoms with Gasteiger partial charge in [0.15, 0.2) is 0 Å². The first-order valence-electron chi connectivity index (χ1n) is 8.24. The summed E-state index contributed by atoms with van der Waals surface area (Å²) in [7, 11) is -8.76. The van der Waals surface area contributed by atoms with Gasteiger partial charge >= 0.3 is 0 Å². The normalized spacial score (nSPS) is 10.9. The van der Waals surface area contributed by atoms with Crippen molar-refractivity contribution in [3.8, 4) is 11.5 Å². The van der Waals surface area contributed by atoms with E-state index in [9.17, 15) is 25.9 Å². The van der Waals surface area contributed by atoms with Crippen LogP contribution in [0.15, 0.2) is 70.5 Å². The second-order valence-corrected chi connectivity index (χ2v) is 9.50. The van der Waals surface area contributed by atoms with E-state index in [2.05, 4.69) is 11.5 Å². The molecule has 10 nitrogen and oxygen atoms in total. The standard InChI is InChI=1S/C6H6Cl2N2.2C6H6O4S/c7-3-1-5(9)4(8)2-6(3)10;2*7-5-1-3-6(4-2-5)11(8,9)10/h1-2H,9-10H2;2*1-4,7H,(H,8,9,10). The summed E-state index contributed by atoms with van der Waals surface area (Å²) in [5, 5.41) is 18.7. The van der Waals surface area contributed by atoms with Crippen molar-refractivity contribution in [1.82, 2.24) is 0 Å². The molecule has 0 atom stereocenters. The molecular formula is C18H18Cl2N2O8S2. The van der Waals surface area contributed by atoms with Crippen LogP contribution in [-0.2, 0) is 20.2 Å². The SMILES string of the molecule is O=S(=O)([O-])c1ccc(O)cc1.O=S(=O)([O-])c1ccc(O)cc1.[NH3+]c1cc(Cl)c([NH3+])cc1Cl. The Balaban J connectivity index is 0.000000240. The van der Waals surface area contributed by atoms with Gasteiger partial charge in [-0.2, -0.15) is 0 Å². The number of phenols is 2. The van der Waals surface area contributed by atoms with E-state index in [1.807, 2.05) is 0 Å². The average molecular weight is 525 g/mol. The van der Waals surface area contributed by atoms with Crippen molar-refractivity contribution in [3.63, 3.8) is 0 Å². The molecule has 0 aliphatic carbocycles. The molecule has 0 radical (unpaired) electrons. The van der Waals surface area contributed by atoms with E-state index in [0.29, 0.717) is 10.0 Å². The molecule has 8 N–H and O–H groups in total. The third-order valence-electron chi connectivity index (χ3n) is 3.47. The van der Waals surface area contributed by atoms with Gasteiger partial charge in [0.25, 0.3) is 0 Å². The molecular weight excluding hydrogens is 507 g/mol. The van der Waals surface area contributed by atoms with Crippen molar-refractivity contribution < 1.29 is 47.6 Å². The molecule has 0 amide bonds. The molecule has 0 saturated carbocycles. The fourth-order valence-corrected chi connectivity index (χ4v) is 3.17. The van der Waals surface area contributed by atoms with E-state index >= 15 is 0 Å². The highest BCUT2D eigenvalue weighted by Gasteiger charge is 2.06. The van der Waals surface area contributed by atoms with Crippen molar-refractivity contribution in [2.45, 2.75) is 9.79 Å². The van der Waals surface area contributed by atoms with Crippen LogP contribution in [0.25, 0.3) is 0 Å². The molecule has 3 rings (SSSR count). The Labute approximate surface area is 194 Å². The summed E-state index contributed by atoms with van der Waals surface area (Å²) in [4.78, 5) is -0.675. The van der Waals surface area contributed by atoms with Crippen molar-refractivity contribution in [2.75, 3.05) is 0 Å². The predicted octanol–water partition coefficient (Wildman–Crippen LogP) is 1.33. The Morgan fingerprint density at radius 2 is 0.875 bits per heavy atom. The minimum Gasteiger partial charge on any atom is -0.744 e. The largest absolute Gasteiger partial charge is 0.744 e. The Morgan fingerprint density at radius 3 is 1.09 bits per heavy atom. The van der Waals surface area contributed by atoms with Gasteiger partial charge in [0.1, 0.15) is 53.2 Å². The number of hydrogen-bond donors (Lipinski definition) is 4. The van der Waals surface area contributed by atoms with Crippen LogP contribution >= 0.6 is 23.2 Å². The second kappa shape index (κ2) is 11.4. The van der Waals surface area contributed by atoms with Gasteiger partial charge in [-0.1, -0.05) is 23.2 Å². The highest BCUT2D eigenvalue weighted by atomic mass is 35.5. The summed E-state index contributed by atoms with van der Waals surface area (Å²) < 4.78 is 61.8. The molecule has 0 spiro atoms. The molecule has 0 unspecified atom stereocenters. The maximum Gasteiger partial charge on any atom is 0.148 e. The molecule has 0 bridgehead atoms. The zero-order valence-electron chi connectivity index (χ0n) is 16.1. The third kappa shape index (κ3) is 9.38. The Morgan fingerprint density at radius 1 is 0.625 bits per heavy atom. The second-order valence-electron chi connectivity index (χ2n) is 5.93. The quantitative estimate of drug-likeness (QED) is 0.358. The minimum absolute atomic E-state index is 0.0719. The van der Waals surface area contributed by atoms with Crippen molar-refractivity contribution >= 4 is 54.8 Å². The first-order chi connectivity index (χ1) is 14.6. The maximum absolute atomic E-state index is 10.3. The number of benzene rings is 3. The summed E-state index contributed by atoms with van der Waals surface area (Å²) in [6.07, 6.45) is 0. The summed E-state index contributed by atoms with van der Waals surface area (Å²) in [5.74, 6) is -0.144. The van der Waals surface area contributed by atoms with E-state index in [4.69, 9.17) is 33.4 Å². The van der Waals surface area contributed by atoms with Gasteiger partial charge in [-0.3, -0.25) is 0 Å². The molecule has 32 heavy (non-hydrogen) atoms. The average Bonchev–Trinajstić information content (AvgIpc) is 2.67. The lowest BCUT2D eigenvalue weighted by Gasteiger charge is -2.05. The minimum atomic E-state index is -4.38. The van der Waals surface area contributed by atoms with Gasteiger partial charge in [-0.15, -0.1) is 0 Å². The van der Waals surface area contributed by atoms with Crippen molar-refractivity contribution in [1.29, 1.82) is 0 Å². The molecule has 14 heteroatoms. The molecule has 0 fully saturated rings. The zero-order chi connectivity index (χ0) is 24.7. The van der Waals surface area contributed by atoms with E-state index in [-0.39, 0.29) is 21.3 Å². The van der Waals surface area contributed by atoms with E-state index < -0.39 is 20.2 Å². The number of halogens is 2. The highest BCUT2D eigenvalue weighted by molar-refractivity contribution is 7.86. The molecule has 0 saturated heterocycles. The third-order valence-corrected chi connectivity index (χ3v) is 5.87. The van der Waals surface area contributed by atoms with Gasteiger partial charge in [0.2, 0.25) is 0 Å². The van der Waals surface area contributed by atoms with Gasteiger partial charge in [-0.05, 0) is 48.5 Å². The number of rotatable bonds is 2. The van der Waals surface area contributed by atoms with Gasteiger partial charge in [0, 0.05) is 12.1 Å². The first-order valence-corrected chi connectivity index (χ1v) is 11.8. The molecule has 3 aromatic rings. The van der Waals surface area contributed by atoms with E-state index in [0.717, 1.165) is 59.9 Å². The lowest BCUT2D eigenvalue weighted by molar-refractivity contribution is -0.260. The summed E-state index contributed by atoms with van der Waals surface area (Å²) >= 11 is 11.4. The van der Waals surface area contributed by atoms with Gasteiger partial charge in [0.05, 0.1) is 9.79 Å². The van der Waals surface area contributed by atoms with Crippen molar-refractivity contribution in [3.05, 3.63) is 70.7 Å². The zero-order valence-corrected chi connectivity index (χ0v) is 19.2. The molecule has 174 valence electrons. The summed E-state index contributed by atoms with van der Waals surface area (Å²) in [6, 6.07) is 12.2. The molecule has 0 heterocycles. The fourth-order valence-electron chi connectivity index (χ4n) is 1.85. The van der Waals surface area contributed by atoms with Crippen LogP contribution in [0.2, 0.25) is 10.0 Å². The Bertz CT molecular complexity index is 1140. The lowest BCUT2D eigenvalue weighted by Crippen LogP contribution is -2.43. The van der Waals surface area contributed by atoms with Crippen LogP contribution < -0.4 is 11.5 Å². The Kier molecular flexibility index (Phi) is 9.88. The molecule has 0 aromatic heterocycles. The molecule has 0 aliphatic heterocycles. The summed E-state index contributed by atoms with van der Waals surface area (Å²) in [5.41, 5.74) is 8.83. The summed E-state index contributed by atoms with van der Waals surface area (Å²) in [6.45, 7) is 0.